The van der Waals surface area contributed by atoms with Gasteiger partial charge in [-0.3, -0.25) is 38.4 Å². The molecule has 1 aliphatic heterocycles. The first-order valence-corrected chi connectivity index (χ1v) is 18.4. The second-order valence-electron chi connectivity index (χ2n) is 14.9. The molecule has 0 spiro atoms. The van der Waals surface area contributed by atoms with E-state index in [1.807, 2.05) is 13.8 Å². The van der Waals surface area contributed by atoms with E-state index in [0.29, 0.717) is 12.8 Å². The molecule has 1 saturated heterocycles. The Morgan fingerprint density at radius 3 is 1.59 bits per heavy atom. The van der Waals surface area contributed by atoms with Gasteiger partial charge in [0.1, 0.15) is 48.3 Å². The van der Waals surface area contributed by atoms with Crippen LogP contribution in [0.25, 0.3) is 0 Å². The summed E-state index contributed by atoms with van der Waals surface area (Å²) in [7, 11) is 0. The maximum atomic E-state index is 13.3. The van der Waals surface area contributed by atoms with E-state index in [9.17, 15) is 48.3 Å². The number of carboxylic acids is 1. The van der Waals surface area contributed by atoms with Gasteiger partial charge in [0, 0.05) is 6.54 Å². The Balaban J connectivity index is 2.84. The first kappa shape index (κ1) is 47.2. The fraction of sp³-hybridized carbons (Fsp3) is 0.743. The molecule has 8 atom stereocenters. The SMILES string of the molecule is CC(C)C[C@H](NC(=O)[C@H](C)NC(=O)[C@@H](NC(=O)[C@H](C)NC(=O)[C@H](C)NC(=O)[C@@H]1CCCN1C(=O)[C@H](C)NC(=O)CN)C(C)C)C(=O)N[C@H](C(=O)O)C(C)C. The fourth-order valence-electron chi connectivity index (χ4n) is 5.64. The first-order chi connectivity index (χ1) is 25.0. The maximum Gasteiger partial charge on any atom is 0.326 e. The van der Waals surface area contributed by atoms with Crippen molar-refractivity contribution < 1.29 is 48.3 Å². The van der Waals surface area contributed by atoms with Gasteiger partial charge in [0.2, 0.25) is 47.3 Å². The van der Waals surface area contributed by atoms with Gasteiger partial charge in [0.05, 0.1) is 6.54 Å². The summed E-state index contributed by atoms with van der Waals surface area (Å²) in [5, 5.41) is 27.2. The van der Waals surface area contributed by atoms with Crippen LogP contribution in [-0.4, -0.2) is 125 Å². The average Bonchev–Trinajstić information content (AvgIpc) is 3.57. The highest BCUT2D eigenvalue weighted by molar-refractivity contribution is 5.97. The largest absolute Gasteiger partial charge is 0.480 e. The standard InChI is InChI=1S/C35H61N9O10/c1-16(2)14-23(31(49)43-27(18(5)6)35(53)54)41-29(47)20(8)40-33(51)26(17(3)4)42-30(48)21(9)38-28(46)19(7)39-32(50)24-12-11-13-44(24)34(52)22(10)37-25(45)15-36/h16-24,26-27H,11-15,36H2,1-10H3,(H,37,45)(H,38,46)(H,39,50)(H,40,51)(H,41,47)(H,42,48)(H,43,49)(H,53,54)/t19-,20-,21-,22-,23-,24-,26-,27-/m0/s1. The van der Waals surface area contributed by atoms with Crippen LogP contribution in [0.2, 0.25) is 0 Å². The summed E-state index contributed by atoms with van der Waals surface area (Å²) in [5.74, 6) is -7.21. The van der Waals surface area contributed by atoms with Crippen molar-refractivity contribution in [1.82, 2.24) is 42.1 Å². The third-order valence-corrected chi connectivity index (χ3v) is 8.85. The number of hydrogen-bond acceptors (Lipinski definition) is 10. The number of nitrogens with two attached hydrogens (primary N) is 1. The normalized spacial score (nSPS) is 18.0. The van der Waals surface area contributed by atoms with Crippen LogP contribution in [-0.2, 0) is 43.2 Å². The smallest absolute Gasteiger partial charge is 0.326 e. The highest BCUT2D eigenvalue weighted by Gasteiger charge is 2.38. The number of likely N-dealkylation sites (tertiary alicyclic amines) is 1. The number of aliphatic carboxylic acids is 1. The van der Waals surface area contributed by atoms with Gasteiger partial charge in [-0.15, -0.1) is 0 Å². The minimum atomic E-state index is -1.21. The van der Waals surface area contributed by atoms with Crippen LogP contribution < -0.4 is 43.0 Å². The fourth-order valence-corrected chi connectivity index (χ4v) is 5.64. The number of carbonyl (C=O) groups excluding carboxylic acids is 8. The molecule has 0 bridgehead atoms. The van der Waals surface area contributed by atoms with Crippen molar-refractivity contribution in [2.24, 2.45) is 23.5 Å². The molecular formula is C35H61N9O10. The van der Waals surface area contributed by atoms with Crippen molar-refractivity contribution in [2.45, 2.75) is 137 Å². The summed E-state index contributed by atoms with van der Waals surface area (Å²) in [6.45, 7) is 15.9. The molecule has 0 aromatic rings. The van der Waals surface area contributed by atoms with Gasteiger partial charge in [-0.05, 0) is 64.7 Å². The lowest BCUT2D eigenvalue weighted by molar-refractivity contribution is -0.143. The molecule has 54 heavy (non-hydrogen) atoms. The van der Waals surface area contributed by atoms with E-state index >= 15 is 0 Å². The number of carboxylic acid groups (broad SMARTS) is 1. The zero-order valence-corrected chi connectivity index (χ0v) is 33.0. The second kappa shape index (κ2) is 21.8. The zero-order valence-electron chi connectivity index (χ0n) is 33.0. The van der Waals surface area contributed by atoms with E-state index in [1.54, 1.807) is 27.7 Å². The Labute approximate surface area is 316 Å². The lowest BCUT2D eigenvalue weighted by atomic mass is 10.00. The van der Waals surface area contributed by atoms with Crippen molar-refractivity contribution in [3.05, 3.63) is 0 Å². The molecule has 19 heteroatoms. The van der Waals surface area contributed by atoms with Gasteiger partial charge < -0.3 is 53.0 Å². The van der Waals surface area contributed by atoms with Gasteiger partial charge in [-0.25, -0.2) is 4.79 Å². The predicted molar refractivity (Wildman–Crippen MR) is 197 cm³/mol. The molecule has 1 aliphatic rings. The molecule has 306 valence electrons. The van der Waals surface area contributed by atoms with Gasteiger partial charge in [-0.1, -0.05) is 41.5 Å². The van der Waals surface area contributed by atoms with Gasteiger partial charge in [0.15, 0.2) is 0 Å². The summed E-state index contributed by atoms with van der Waals surface area (Å²) in [4.78, 5) is 116. The quantitative estimate of drug-likeness (QED) is 0.0644. The second-order valence-corrected chi connectivity index (χ2v) is 14.9. The third kappa shape index (κ3) is 14.5. The van der Waals surface area contributed by atoms with Crippen LogP contribution in [0.1, 0.15) is 88.5 Å². The molecule has 1 rings (SSSR count). The Hall–Kier alpha value is -4.81. The molecular weight excluding hydrogens is 706 g/mol. The van der Waals surface area contributed by atoms with Crippen LogP contribution in [0.15, 0.2) is 0 Å². The van der Waals surface area contributed by atoms with Crippen molar-refractivity contribution in [3.63, 3.8) is 0 Å². The van der Waals surface area contributed by atoms with E-state index in [2.05, 4.69) is 37.2 Å². The van der Waals surface area contributed by atoms with Crippen molar-refractivity contribution in [3.8, 4) is 0 Å². The average molecular weight is 768 g/mol. The molecule has 0 aromatic heterocycles. The Kier molecular flexibility index (Phi) is 19.0. The predicted octanol–water partition coefficient (Wildman–Crippen LogP) is -2.15. The van der Waals surface area contributed by atoms with Crippen LogP contribution in [0.3, 0.4) is 0 Å². The number of nitrogens with zero attached hydrogens (tertiary/aromatic N) is 1. The van der Waals surface area contributed by atoms with E-state index in [-0.39, 0.29) is 25.4 Å². The summed E-state index contributed by atoms with van der Waals surface area (Å²) in [6.07, 6.45) is 1.09. The highest BCUT2D eigenvalue weighted by Crippen LogP contribution is 2.19. The zero-order chi connectivity index (χ0) is 41.6. The Morgan fingerprint density at radius 1 is 0.611 bits per heavy atom. The Morgan fingerprint density at radius 2 is 1.09 bits per heavy atom. The number of amides is 8. The number of nitrogens with one attached hydrogen (secondary N) is 7. The summed E-state index contributed by atoms with van der Waals surface area (Å²) in [5.41, 5.74) is 5.30. The molecule has 0 saturated carbocycles. The lowest BCUT2D eigenvalue weighted by Gasteiger charge is -2.28. The number of carbonyl (C=O) groups is 9. The van der Waals surface area contributed by atoms with Crippen LogP contribution in [0.5, 0.6) is 0 Å². The van der Waals surface area contributed by atoms with Crippen LogP contribution in [0.4, 0.5) is 0 Å². The van der Waals surface area contributed by atoms with Crippen LogP contribution in [0, 0.1) is 17.8 Å². The molecule has 1 heterocycles. The summed E-state index contributed by atoms with van der Waals surface area (Å²) >= 11 is 0. The molecule has 0 radical (unpaired) electrons. The molecule has 8 amide bonds. The lowest BCUT2D eigenvalue weighted by Crippen LogP contribution is -2.60. The monoisotopic (exact) mass is 767 g/mol. The topological polar surface area (TPSA) is 287 Å². The van der Waals surface area contributed by atoms with Crippen molar-refractivity contribution in [2.75, 3.05) is 13.1 Å². The maximum absolute atomic E-state index is 13.3. The highest BCUT2D eigenvalue weighted by atomic mass is 16.4. The summed E-state index contributed by atoms with van der Waals surface area (Å²) in [6, 6.07) is -8.56. The minimum Gasteiger partial charge on any atom is -0.480 e. The van der Waals surface area contributed by atoms with E-state index in [1.165, 1.54) is 32.6 Å². The van der Waals surface area contributed by atoms with Crippen molar-refractivity contribution in [1.29, 1.82) is 0 Å². The molecule has 0 aliphatic carbocycles. The van der Waals surface area contributed by atoms with Gasteiger partial charge in [0.25, 0.3) is 0 Å². The van der Waals surface area contributed by atoms with Crippen LogP contribution >= 0.6 is 0 Å². The first-order valence-electron chi connectivity index (χ1n) is 18.4. The number of hydrogen-bond donors (Lipinski definition) is 9. The van der Waals surface area contributed by atoms with Gasteiger partial charge in [-0.2, -0.15) is 0 Å². The molecule has 1 fully saturated rings. The Bertz CT molecular complexity index is 1390. The molecule has 10 N–H and O–H groups in total. The van der Waals surface area contributed by atoms with E-state index in [0.717, 1.165) is 0 Å². The molecule has 0 unspecified atom stereocenters. The molecule has 19 nitrogen and oxygen atoms in total. The minimum absolute atomic E-state index is 0.0451. The number of rotatable bonds is 20. The third-order valence-electron chi connectivity index (χ3n) is 8.85. The molecule has 0 aromatic carbocycles. The van der Waals surface area contributed by atoms with Gasteiger partial charge >= 0.3 is 5.97 Å². The van der Waals surface area contributed by atoms with Crippen molar-refractivity contribution >= 4 is 53.2 Å². The van der Waals surface area contributed by atoms with E-state index < -0.39 is 113 Å². The summed E-state index contributed by atoms with van der Waals surface area (Å²) < 4.78 is 0. The van der Waals surface area contributed by atoms with E-state index in [4.69, 9.17) is 5.73 Å².